The molecule has 1 saturated heterocycles. The Morgan fingerprint density at radius 3 is 2.76 bits per heavy atom. The number of likely N-dealkylation sites (tertiary alicyclic amines) is 1. The maximum atomic E-state index is 12.2. The van der Waals surface area contributed by atoms with Gasteiger partial charge >= 0.3 is 0 Å². The van der Waals surface area contributed by atoms with Crippen LogP contribution in [0.4, 0.5) is 0 Å². The summed E-state index contributed by atoms with van der Waals surface area (Å²) in [4.78, 5) is 14.4. The number of hydrogen-bond acceptors (Lipinski definition) is 3. The maximum absolute atomic E-state index is 12.2. The molecule has 0 radical (unpaired) electrons. The molecule has 1 amide bonds. The molecule has 0 aromatic heterocycles. The highest BCUT2D eigenvalue weighted by Crippen LogP contribution is 2.49. The van der Waals surface area contributed by atoms with Gasteiger partial charge in [0.2, 0.25) is 5.91 Å². The van der Waals surface area contributed by atoms with Crippen LogP contribution in [0.3, 0.4) is 0 Å². The average molecular weight is 316 g/mol. The van der Waals surface area contributed by atoms with Gasteiger partial charge in [0.1, 0.15) is 0 Å². The minimum absolute atomic E-state index is 0. The van der Waals surface area contributed by atoms with E-state index in [-0.39, 0.29) is 24.4 Å². The zero-order valence-corrected chi connectivity index (χ0v) is 13.9. The van der Waals surface area contributed by atoms with Gasteiger partial charge in [0.15, 0.2) is 0 Å². The van der Waals surface area contributed by atoms with Crippen molar-refractivity contribution >= 4 is 18.3 Å². The Morgan fingerprint density at radius 1 is 1.33 bits per heavy atom. The standard InChI is InChI=1S/C16H29N3O.ClH/c1-11(15-8-12-4-5-13(15)7-12)18-16(20)10-19-6-2-3-14(17)9-19;/h11-15H,2-10,17H2,1H3,(H,18,20);1H/t11?,12?,13?,14-,15?;/m1./s1. The second-order valence-electron chi connectivity index (χ2n) is 7.33. The van der Waals surface area contributed by atoms with E-state index in [4.69, 9.17) is 5.73 Å². The van der Waals surface area contributed by atoms with Crippen LogP contribution in [0.15, 0.2) is 0 Å². The summed E-state index contributed by atoms with van der Waals surface area (Å²) < 4.78 is 0. The fourth-order valence-electron chi connectivity index (χ4n) is 4.75. The lowest BCUT2D eigenvalue weighted by atomic mass is 9.84. The number of piperidine rings is 1. The first-order chi connectivity index (χ1) is 9.61. The maximum Gasteiger partial charge on any atom is 0.234 e. The summed E-state index contributed by atoms with van der Waals surface area (Å²) in [6.45, 7) is 4.61. The number of halogens is 1. The van der Waals surface area contributed by atoms with Crippen molar-refractivity contribution in [3.63, 3.8) is 0 Å². The van der Waals surface area contributed by atoms with E-state index in [2.05, 4.69) is 17.1 Å². The number of nitrogens with two attached hydrogens (primary N) is 1. The van der Waals surface area contributed by atoms with Crippen molar-refractivity contribution in [2.24, 2.45) is 23.5 Å². The summed E-state index contributed by atoms with van der Waals surface area (Å²) in [5.74, 6) is 2.74. The molecule has 3 fully saturated rings. The Morgan fingerprint density at radius 2 is 2.14 bits per heavy atom. The van der Waals surface area contributed by atoms with Gasteiger partial charge in [-0.25, -0.2) is 0 Å². The van der Waals surface area contributed by atoms with Gasteiger partial charge in [0.25, 0.3) is 0 Å². The zero-order chi connectivity index (χ0) is 14.1. The van der Waals surface area contributed by atoms with Gasteiger partial charge in [-0.1, -0.05) is 6.42 Å². The first-order valence-electron chi connectivity index (χ1n) is 8.39. The van der Waals surface area contributed by atoms with E-state index < -0.39 is 0 Å². The third-order valence-electron chi connectivity index (χ3n) is 5.73. The first-order valence-corrected chi connectivity index (χ1v) is 8.39. The molecule has 5 heteroatoms. The van der Waals surface area contributed by atoms with Crippen LogP contribution in [0.5, 0.6) is 0 Å². The van der Waals surface area contributed by atoms with Crippen molar-refractivity contribution < 1.29 is 4.79 Å². The molecular formula is C16H30ClN3O. The van der Waals surface area contributed by atoms with E-state index in [1.165, 1.54) is 25.7 Å². The summed E-state index contributed by atoms with van der Waals surface area (Å²) in [6.07, 6.45) is 7.77. The lowest BCUT2D eigenvalue weighted by molar-refractivity contribution is -0.123. The van der Waals surface area contributed by atoms with E-state index >= 15 is 0 Å². The summed E-state index contributed by atoms with van der Waals surface area (Å²) >= 11 is 0. The molecule has 2 aliphatic carbocycles. The Bertz CT molecular complexity index is 365. The highest BCUT2D eigenvalue weighted by Gasteiger charge is 2.42. The number of rotatable bonds is 4. The second kappa shape index (κ2) is 7.30. The van der Waals surface area contributed by atoms with Crippen molar-refractivity contribution in [2.45, 2.75) is 57.5 Å². The minimum atomic E-state index is 0. The van der Waals surface area contributed by atoms with Crippen LogP contribution in [0.1, 0.15) is 45.4 Å². The molecule has 3 rings (SSSR count). The molecule has 0 aromatic carbocycles. The summed E-state index contributed by atoms with van der Waals surface area (Å²) in [5, 5.41) is 3.25. The number of nitrogens with one attached hydrogen (secondary N) is 1. The highest BCUT2D eigenvalue weighted by molar-refractivity contribution is 5.85. The molecule has 21 heavy (non-hydrogen) atoms. The SMILES string of the molecule is CC(NC(=O)CN1CCC[C@@H](N)C1)C1CC2CCC1C2.Cl. The van der Waals surface area contributed by atoms with E-state index in [9.17, 15) is 4.79 Å². The molecular weight excluding hydrogens is 286 g/mol. The van der Waals surface area contributed by atoms with Gasteiger partial charge in [-0.05, 0) is 63.3 Å². The van der Waals surface area contributed by atoms with Gasteiger partial charge in [-0.2, -0.15) is 0 Å². The monoisotopic (exact) mass is 315 g/mol. The number of hydrogen-bond donors (Lipinski definition) is 2. The normalized spacial score (nSPS) is 37.0. The minimum Gasteiger partial charge on any atom is -0.352 e. The predicted octanol–water partition coefficient (Wildman–Crippen LogP) is 1.77. The van der Waals surface area contributed by atoms with Crippen LogP contribution in [0.2, 0.25) is 0 Å². The first kappa shape index (κ1) is 17.0. The molecule has 3 N–H and O–H groups in total. The van der Waals surface area contributed by atoms with E-state index in [1.807, 2.05) is 0 Å². The number of carbonyl (C=O) groups excluding carboxylic acids is 1. The summed E-state index contributed by atoms with van der Waals surface area (Å²) in [6, 6.07) is 0.593. The Balaban J connectivity index is 0.00000161. The summed E-state index contributed by atoms with van der Waals surface area (Å²) in [5.41, 5.74) is 5.97. The molecule has 4 nitrogen and oxygen atoms in total. The van der Waals surface area contributed by atoms with E-state index in [0.29, 0.717) is 12.6 Å². The fraction of sp³-hybridized carbons (Fsp3) is 0.938. The quantitative estimate of drug-likeness (QED) is 0.831. The molecule has 2 saturated carbocycles. The van der Waals surface area contributed by atoms with Crippen molar-refractivity contribution in [3.05, 3.63) is 0 Å². The second-order valence-corrected chi connectivity index (χ2v) is 7.33. The Labute approximate surface area is 134 Å². The highest BCUT2D eigenvalue weighted by atomic mass is 35.5. The molecule has 122 valence electrons. The number of fused-ring (bicyclic) bond motifs is 2. The van der Waals surface area contributed by atoms with Crippen LogP contribution in [-0.2, 0) is 4.79 Å². The molecule has 5 atom stereocenters. The lowest BCUT2D eigenvalue weighted by Gasteiger charge is -2.32. The average Bonchev–Trinajstić information content (AvgIpc) is 3.00. The molecule has 2 bridgehead atoms. The third kappa shape index (κ3) is 4.11. The number of carbonyl (C=O) groups is 1. The zero-order valence-electron chi connectivity index (χ0n) is 13.1. The Hall–Kier alpha value is -0.320. The molecule has 0 spiro atoms. The number of amides is 1. The van der Waals surface area contributed by atoms with Gasteiger partial charge in [-0.3, -0.25) is 9.69 Å². The van der Waals surface area contributed by atoms with Crippen LogP contribution in [0.25, 0.3) is 0 Å². The van der Waals surface area contributed by atoms with Crippen molar-refractivity contribution in [2.75, 3.05) is 19.6 Å². The van der Waals surface area contributed by atoms with Crippen LogP contribution >= 0.6 is 12.4 Å². The van der Waals surface area contributed by atoms with Crippen molar-refractivity contribution in [1.82, 2.24) is 10.2 Å². The van der Waals surface area contributed by atoms with Crippen LogP contribution < -0.4 is 11.1 Å². The lowest BCUT2D eigenvalue weighted by Crippen LogP contribution is -2.49. The molecule has 3 aliphatic rings. The van der Waals surface area contributed by atoms with Gasteiger partial charge in [-0.15, -0.1) is 12.4 Å². The smallest absolute Gasteiger partial charge is 0.234 e. The van der Waals surface area contributed by atoms with Crippen molar-refractivity contribution in [3.8, 4) is 0 Å². The molecule has 0 aromatic rings. The van der Waals surface area contributed by atoms with Crippen LogP contribution in [-0.4, -0.2) is 42.5 Å². The topological polar surface area (TPSA) is 58.4 Å². The van der Waals surface area contributed by atoms with E-state index in [0.717, 1.165) is 43.7 Å². The third-order valence-corrected chi connectivity index (χ3v) is 5.73. The predicted molar refractivity (Wildman–Crippen MR) is 87.4 cm³/mol. The Kier molecular flexibility index (Phi) is 5.92. The molecule has 4 unspecified atom stereocenters. The van der Waals surface area contributed by atoms with Crippen LogP contribution in [0, 0.1) is 17.8 Å². The van der Waals surface area contributed by atoms with Crippen molar-refractivity contribution in [1.29, 1.82) is 0 Å². The van der Waals surface area contributed by atoms with Gasteiger partial charge < -0.3 is 11.1 Å². The number of nitrogens with zero attached hydrogens (tertiary/aromatic N) is 1. The van der Waals surface area contributed by atoms with E-state index in [1.54, 1.807) is 0 Å². The fourth-order valence-corrected chi connectivity index (χ4v) is 4.75. The van der Waals surface area contributed by atoms with Gasteiger partial charge in [0, 0.05) is 18.6 Å². The largest absolute Gasteiger partial charge is 0.352 e. The molecule has 1 aliphatic heterocycles. The summed E-state index contributed by atoms with van der Waals surface area (Å²) in [7, 11) is 0. The van der Waals surface area contributed by atoms with Gasteiger partial charge in [0.05, 0.1) is 6.54 Å². The molecule has 1 heterocycles.